The monoisotopic (exact) mass is 391 g/mol. The lowest BCUT2D eigenvalue weighted by molar-refractivity contribution is 0.0953. The molecular formula is C11H12Cl3NO4S2. The molecule has 0 saturated carbocycles. The fourth-order valence-corrected chi connectivity index (χ4v) is 3.89. The van der Waals surface area contributed by atoms with E-state index < -0.39 is 30.7 Å². The van der Waals surface area contributed by atoms with Crippen molar-refractivity contribution in [3.05, 3.63) is 27.7 Å². The molecule has 0 aliphatic rings. The fourth-order valence-electron chi connectivity index (χ4n) is 1.48. The number of halogens is 3. The number of nitrogens with one attached hydrogen (secondary N) is 1. The molecule has 1 aromatic carbocycles. The molecule has 0 aromatic heterocycles. The molecule has 0 spiro atoms. The van der Waals surface area contributed by atoms with Gasteiger partial charge in [-0.3, -0.25) is 9.00 Å². The van der Waals surface area contributed by atoms with E-state index in [-0.39, 0.29) is 22.2 Å². The van der Waals surface area contributed by atoms with Crippen LogP contribution in [-0.2, 0) is 19.9 Å². The Hall–Kier alpha value is -0.340. The zero-order valence-electron chi connectivity index (χ0n) is 10.9. The molecule has 1 atom stereocenters. The summed E-state index contributed by atoms with van der Waals surface area (Å²) in [6, 6.07) is 2.33. The molecule has 0 radical (unpaired) electrons. The third-order valence-corrected chi connectivity index (χ3v) is 5.35. The minimum Gasteiger partial charge on any atom is -0.352 e. The van der Waals surface area contributed by atoms with Crippen molar-refractivity contribution in [2.45, 2.75) is 11.3 Å². The van der Waals surface area contributed by atoms with E-state index in [4.69, 9.17) is 33.9 Å². The van der Waals surface area contributed by atoms with Crippen LogP contribution in [0.5, 0.6) is 0 Å². The second-order valence-corrected chi connectivity index (χ2v) is 8.99. The Morgan fingerprint density at radius 1 is 1.33 bits per heavy atom. The Kier molecular flexibility index (Phi) is 6.93. The van der Waals surface area contributed by atoms with Crippen LogP contribution in [0.25, 0.3) is 0 Å². The summed E-state index contributed by atoms with van der Waals surface area (Å²) in [4.78, 5) is 11.6. The molecule has 0 saturated heterocycles. The van der Waals surface area contributed by atoms with Gasteiger partial charge in [0.05, 0.1) is 10.6 Å². The number of benzene rings is 1. The van der Waals surface area contributed by atoms with Crippen molar-refractivity contribution in [1.29, 1.82) is 0 Å². The van der Waals surface area contributed by atoms with Crippen molar-refractivity contribution >= 4 is 59.6 Å². The van der Waals surface area contributed by atoms with Crippen LogP contribution < -0.4 is 5.32 Å². The molecule has 10 heteroatoms. The van der Waals surface area contributed by atoms with Gasteiger partial charge in [-0.05, 0) is 18.6 Å². The molecule has 0 aliphatic carbocycles. The van der Waals surface area contributed by atoms with Gasteiger partial charge in [0.1, 0.15) is 4.90 Å². The lowest BCUT2D eigenvalue weighted by Crippen LogP contribution is -2.26. The van der Waals surface area contributed by atoms with Crippen LogP contribution in [0.2, 0.25) is 10.0 Å². The average molecular weight is 393 g/mol. The number of rotatable bonds is 6. The van der Waals surface area contributed by atoms with Crippen LogP contribution >= 0.6 is 33.9 Å². The first-order chi connectivity index (χ1) is 9.62. The molecule has 1 amide bonds. The lowest BCUT2D eigenvalue weighted by atomic mass is 10.2. The van der Waals surface area contributed by atoms with E-state index in [1.54, 1.807) is 6.26 Å². The van der Waals surface area contributed by atoms with Gasteiger partial charge >= 0.3 is 0 Å². The van der Waals surface area contributed by atoms with Crippen LogP contribution in [0.3, 0.4) is 0 Å². The van der Waals surface area contributed by atoms with Crippen LogP contribution in [0.1, 0.15) is 16.8 Å². The lowest BCUT2D eigenvalue weighted by Gasteiger charge is -2.09. The Bertz CT molecular complexity index is 676. The quantitative estimate of drug-likeness (QED) is 0.595. The zero-order valence-corrected chi connectivity index (χ0v) is 14.8. The Labute approximate surface area is 139 Å². The summed E-state index contributed by atoms with van der Waals surface area (Å²) in [6.45, 7) is 0.282. The zero-order chi connectivity index (χ0) is 16.2. The maximum atomic E-state index is 12.0. The number of carbonyl (C=O) groups is 1. The summed E-state index contributed by atoms with van der Waals surface area (Å²) in [5, 5.41) is 2.29. The Balaban J connectivity index is 2.95. The van der Waals surface area contributed by atoms with Crippen molar-refractivity contribution in [2.75, 3.05) is 18.6 Å². The second-order valence-electron chi connectivity index (χ2n) is 4.09. The third kappa shape index (κ3) is 5.75. The van der Waals surface area contributed by atoms with Gasteiger partial charge in [0.2, 0.25) is 0 Å². The molecule has 1 rings (SSSR count). The van der Waals surface area contributed by atoms with Crippen molar-refractivity contribution < 1.29 is 17.4 Å². The topological polar surface area (TPSA) is 80.3 Å². The normalized spacial score (nSPS) is 13.0. The van der Waals surface area contributed by atoms with Gasteiger partial charge in [-0.25, -0.2) is 8.42 Å². The van der Waals surface area contributed by atoms with E-state index in [0.717, 1.165) is 6.07 Å². The van der Waals surface area contributed by atoms with Gasteiger partial charge in [-0.15, -0.1) is 0 Å². The maximum Gasteiger partial charge on any atom is 0.262 e. The first-order valence-electron chi connectivity index (χ1n) is 5.65. The molecule has 0 fully saturated rings. The molecule has 1 aromatic rings. The standard InChI is InChI=1S/C11H12Cl3NO4S2/c1-20(17)4-2-3-15-11(16)8-5-7(12)6-9(10(8)13)21(14,18)19/h5-6H,2-4H2,1H3,(H,15,16). The number of amides is 1. The van der Waals surface area contributed by atoms with E-state index in [1.807, 2.05) is 0 Å². The highest BCUT2D eigenvalue weighted by atomic mass is 35.7. The summed E-state index contributed by atoms with van der Waals surface area (Å²) in [6.07, 6.45) is 2.08. The van der Waals surface area contributed by atoms with Crippen molar-refractivity contribution in [2.24, 2.45) is 0 Å². The summed E-state index contributed by atoms with van der Waals surface area (Å²) in [7, 11) is 0.181. The van der Waals surface area contributed by atoms with Gasteiger partial charge in [0.25, 0.3) is 15.0 Å². The molecule has 0 aliphatic heterocycles. The number of hydrogen-bond donors (Lipinski definition) is 1. The Morgan fingerprint density at radius 3 is 2.48 bits per heavy atom. The van der Waals surface area contributed by atoms with Gasteiger partial charge in [-0.1, -0.05) is 23.2 Å². The highest BCUT2D eigenvalue weighted by molar-refractivity contribution is 8.13. The SMILES string of the molecule is CS(=O)CCCNC(=O)c1cc(Cl)cc(S(=O)(=O)Cl)c1Cl. The van der Waals surface area contributed by atoms with Gasteiger partial charge in [-0.2, -0.15) is 0 Å². The summed E-state index contributed by atoms with van der Waals surface area (Å²) < 4.78 is 33.6. The number of hydrogen-bond acceptors (Lipinski definition) is 4. The molecule has 5 nitrogen and oxygen atoms in total. The van der Waals surface area contributed by atoms with E-state index >= 15 is 0 Å². The van der Waals surface area contributed by atoms with Gasteiger partial charge in [0.15, 0.2) is 0 Å². The first-order valence-corrected chi connectivity index (χ1v) is 10.4. The largest absolute Gasteiger partial charge is 0.352 e. The van der Waals surface area contributed by atoms with Crippen molar-refractivity contribution in [3.63, 3.8) is 0 Å². The highest BCUT2D eigenvalue weighted by Crippen LogP contribution is 2.31. The van der Waals surface area contributed by atoms with Crippen molar-refractivity contribution in [3.8, 4) is 0 Å². The molecule has 118 valence electrons. The van der Waals surface area contributed by atoms with Crippen LogP contribution in [0.15, 0.2) is 17.0 Å². The third-order valence-electron chi connectivity index (χ3n) is 2.41. The maximum absolute atomic E-state index is 12.0. The molecule has 1 unspecified atom stereocenters. The first kappa shape index (κ1) is 18.7. The molecular weight excluding hydrogens is 381 g/mol. The summed E-state index contributed by atoms with van der Waals surface area (Å²) in [5.41, 5.74) is -0.0824. The fraction of sp³-hybridized carbons (Fsp3) is 0.364. The minimum atomic E-state index is -4.11. The molecule has 0 bridgehead atoms. The van der Waals surface area contributed by atoms with E-state index in [0.29, 0.717) is 12.2 Å². The number of carbonyl (C=O) groups excluding carboxylic acids is 1. The Morgan fingerprint density at radius 2 is 1.95 bits per heavy atom. The van der Waals surface area contributed by atoms with Gasteiger partial charge in [0, 0.05) is 45.1 Å². The molecule has 21 heavy (non-hydrogen) atoms. The van der Waals surface area contributed by atoms with Crippen LogP contribution in [-0.4, -0.2) is 37.1 Å². The van der Waals surface area contributed by atoms with E-state index in [1.165, 1.54) is 6.07 Å². The van der Waals surface area contributed by atoms with E-state index in [9.17, 15) is 17.4 Å². The average Bonchev–Trinajstić information content (AvgIpc) is 2.35. The summed E-state index contributed by atoms with van der Waals surface area (Å²) in [5.74, 6) is -0.129. The second kappa shape index (κ2) is 7.78. The van der Waals surface area contributed by atoms with Gasteiger partial charge < -0.3 is 5.32 Å². The smallest absolute Gasteiger partial charge is 0.262 e. The molecule has 1 N–H and O–H groups in total. The molecule has 0 heterocycles. The highest BCUT2D eigenvalue weighted by Gasteiger charge is 2.22. The predicted molar refractivity (Wildman–Crippen MR) is 85.4 cm³/mol. The van der Waals surface area contributed by atoms with E-state index in [2.05, 4.69) is 5.32 Å². The van der Waals surface area contributed by atoms with Crippen LogP contribution in [0, 0.1) is 0 Å². The minimum absolute atomic E-state index is 0.0263. The predicted octanol–water partition coefficient (Wildman–Crippen LogP) is 2.42. The van der Waals surface area contributed by atoms with Crippen LogP contribution in [0.4, 0.5) is 0 Å². The van der Waals surface area contributed by atoms with Crippen molar-refractivity contribution in [1.82, 2.24) is 5.32 Å². The summed E-state index contributed by atoms with van der Waals surface area (Å²) >= 11 is 11.7.